The zero-order chi connectivity index (χ0) is 14.5. The summed E-state index contributed by atoms with van der Waals surface area (Å²) in [4.78, 5) is 25.7. The van der Waals surface area contributed by atoms with Gasteiger partial charge < -0.3 is 15.6 Å². The number of hydrogen-bond acceptors (Lipinski definition) is 7. The summed E-state index contributed by atoms with van der Waals surface area (Å²) in [5.41, 5.74) is 5.33. The monoisotopic (exact) mass is 277 g/mol. The average molecular weight is 277 g/mol. The van der Waals surface area contributed by atoms with E-state index in [4.69, 9.17) is 10.3 Å². The van der Waals surface area contributed by atoms with Crippen LogP contribution in [0.2, 0.25) is 0 Å². The zero-order valence-corrected chi connectivity index (χ0v) is 10.3. The van der Waals surface area contributed by atoms with Crippen LogP contribution >= 0.6 is 0 Å². The van der Waals surface area contributed by atoms with Gasteiger partial charge >= 0.3 is 0 Å². The van der Waals surface area contributed by atoms with Crippen LogP contribution in [-0.2, 0) is 6.42 Å². The summed E-state index contributed by atoms with van der Waals surface area (Å²) in [6, 6.07) is 3.88. The van der Waals surface area contributed by atoms with E-state index in [0.717, 1.165) is 6.07 Å². The Morgan fingerprint density at radius 3 is 2.95 bits per heavy atom. The highest BCUT2D eigenvalue weighted by Gasteiger charge is 2.15. The summed E-state index contributed by atoms with van der Waals surface area (Å²) >= 11 is 0. The van der Waals surface area contributed by atoms with Crippen LogP contribution < -0.4 is 11.1 Å². The number of rotatable bonds is 5. The van der Waals surface area contributed by atoms with Crippen molar-refractivity contribution in [3.63, 3.8) is 0 Å². The quantitative estimate of drug-likeness (QED) is 0.462. The molecule has 0 saturated heterocycles. The van der Waals surface area contributed by atoms with Gasteiger partial charge in [0.25, 0.3) is 11.6 Å². The lowest BCUT2D eigenvalue weighted by Gasteiger charge is -2.04. The third-order valence-corrected chi connectivity index (χ3v) is 2.52. The topological polar surface area (TPSA) is 137 Å². The van der Waals surface area contributed by atoms with Crippen LogP contribution in [0, 0.1) is 10.1 Å². The third-order valence-electron chi connectivity index (χ3n) is 2.52. The number of nitro benzene ring substituents is 1. The molecule has 0 bridgehead atoms. The molecule has 9 heteroatoms. The number of anilines is 1. The molecule has 2 aromatic rings. The minimum atomic E-state index is -0.634. The molecule has 9 nitrogen and oxygen atoms in total. The molecule has 0 aliphatic carbocycles. The fraction of sp³-hybridized carbons (Fsp3) is 0.182. The molecule has 0 atom stereocenters. The first-order chi connectivity index (χ1) is 9.58. The van der Waals surface area contributed by atoms with Crippen LogP contribution in [0.1, 0.15) is 16.2 Å². The highest BCUT2D eigenvalue weighted by atomic mass is 16.6. The van der Waals surface area contributed by atoms with Gasteiger partial charge in [-0.15, -0.1) is 0 Å². The largest absolute Gasteiger partial charge is 0.393 e. The number of nitro groups is 1. The minimum Gasteiger partial charge on any atom is -0.393 e. The smallest absolute Gasteiger partial charge is 0.292 e. The van der Waals surface area contributed by atoms with Crippen molar-refractivity contribution in [1.82, 2.24) is 15.5 Å². The molecule has 1 aromatic heterocycles. The van der Waals surface area contributed by atoms with Crippen LogP contribution in [0.25, 0.3) is 0 Å². The lowest BCUT2D eigenvalue weighted by atomic mass is 10.1. The Kier molecular flexibility index (Phi) is 3.89. The Labute approximate surface area is 112 Å². The summed E-state index contributed by atoms with van der Waals surface area (Å²) in [5, 5.41) is 16.8. The summed E-state index contributed by atoms with van der Waals surface area (Å²) < 4.78 is 4.77. The van der Waals surface area contributed by atoms with Gasteiger partial charge in [-0.1, -0.05) is 5.16 Å². The molecule has 2 rings (SSSR count). The van der Waals surface area contributed by atoms with Gasteiger partial charge in [0.05, 0.1) is 4.92 Å². The molecule has 0 saturated carbocycles. The molecule has 0 fully saturated rings. The Morgan fingerprint density at radius 1 is 1.50 bits per heavy atom. The highest BCUT2D eigenvalue weighted by molar-refractivity contribution is 5.95. The molecule has 20 heavy (non-hydrogen) atoms. The van der Waals surface area contributed by atoms with E-state index in [0.29, 0.717) is 12.3 Å². The van der Waals surface area contributed by atoms with Crippen LogP contribution in [0.5, 0.6) is 0 Å². The first-order valence-corrected chi connectivity index (χ1v) is 5.65. The molecule has 104 valence electrons. The maximum absolute atomic E-state index is 11.8. The molecule has 1 heterocycles. The molecule has 0 unspecified atom stereocenters. The first-order valence-electron chi connectivity index (χ1n) is 5.65. The molecule has 1 amide bonds. The van der Waals surface area contributed by atoms with Crippen molar-refractivity contribution in [2.24, 2.45) is 0 Å². The highest BCUT2D eigenvalue weighted by Crippen LogP contribution is 2.22. The maximum Gasteiger partial charge on any atom is 0.292 e. The number of nitrogen functional groups attached to an aromatic ring is 1. The third kappa shape index (κ3) is 3.07. The van der Waals surface area contributed by atoms with Crippen molar-refractivity contribution >= 4 is 17.3 Å². The minimum absolute atomic E-state index is 0.0115. The molecular formula is C11H11N5O4. The van der Waals surface area contributed by atoms with Crippen LogP contribution in [-0.4, -0.2) is 27.5 Å². The fourth-order valence-corrected chi connectivity index (χ4v) is 1.53. The number of carbonyl (C=O) groups excluding carboxylic acids is 1. The van der Waals surface area contributed by atoms with Gasteiger partial charge in [0.2, 0.25) is 5.89 Å². The maximum atomic E-state index is 11.8. The Bertz CT molecular complexity index is 626. The molecule has 1 aromatic carbocycles. The number of benzene rings is 1. The van der Waals surface area contributed by atoms with Gasteiger partial charge in [-0.05, 0) is 12.1 Å². The number of nitrogens with zero attached hydrogens (tertiary/aromatic N) is 3. The summed E-state index contributed by atoms with van der Waals surface area (Å²) in [6.07, 6.45) is 1.64. The van der Waals surface area contributed by atoms with E-state index in [-0.39, 0.29) is 23.5 Å². The Morgan fingerprint density at radius 2 is 2.30 bits per heavy atom. The average Bonchev–Trinajstić information content (AvgIpc) is 2.92. The van der Waals surface area contributed by atoms with E-state index in [1.165, 1.54) is 18.5 Å². The summed E-state index contributed by atoms with van der Waals surface area (Å²) in [6.45, 7) is 0.277. The van der Waals surface area contributed by atoms with Gasteiger partial charge in [0, 0.05) is 24.6 Å². The number of aromatic nitrogens is 2. The van der Waals surface area contributed by atoms with E-state index in [1.807, 2.05) is 0 Å². The van der Waals surface area contributed by atoms with Gasteiger partial charge in [0.15, 0.2) is 6.33 Å². The number of amides is 1. The fourth-order valence-electron chi connectivity index (χ4n) is 1.53. The standard InChI is InChI=1S/C11H11N5O4/c12-8-2-1-7(5-9(8)16(18)19)11(17)13-4-3-10-14-6-15-20-10/h1-2,5-6H,3-4,12H2,(H,13,17). The molecular weight excluding hydrogens is 266 g/mol. The number of nitrogens with two attached hydrogens (primary N) is 1. The molecule has 0 aliphatic rings. The lowest BCUT2D eigenvalue weighted by Crippen LogP contribution is -2.25. The predicted molar refractivity (Wildman–Crippen MR) is 67.8 cm³/mol. The van der Waals surface area contributed by atoms with E-state index < -0.39 is 10.8 Å². The van der Waals surface area contributed by atoms with E-state index in [9.17, 15) is 14.9 Å². The zero-order valence-electron chi connectivity index (χ0n) is 10.3. The van der Waals surface area contributed by atoms with Crippen molar-refractivity contribution in [3.8, 4) is 0 Å². The normalized spacial score (nSPS) is 10.2. The number of nitrogens with one attached hydrogen (secondary N) is 1. The van der Waals surface area contributed by atoms with Crippen molar-refractivity contribution in [1.29, 1.82) is 0 Å². The van der Waals surface area contributed by atoms with Crippen LogP contribution in [0.3, 0.4) is 0 Å². The van der Waals surface area contributed by atoms with E-state index >= 15 is 0 Å². The van der Waals surface area contributed by atoms with Gasteiger partial charge in [-0.25, -0.2) is 0 Å². The summed E-state index contributed by atoms with van der Waals surface area (Å²) in [7, 11) is 0. The van der Waals surface area contributed by atoms with Gasteiger partial charge in [0.1, 0.15) is 5.69 Å². The SMILES string of the molecule is Nc1ccc(C(=O)NCCc2ncno2)cc1[N+](=O)[O-]. The van der Waals surface area contributed by atoms with Gasteiger partial charge in [-0.3, -0.25) is 14.9 Å². The van der Waals surface area contributed by atoms with Gasteiger partial charge in [-0.2, -0.15) is 4.98 Å². The van der Waals surface area contributed by atoms with Crippen LogP contribution in [0.15, 0.2) is 29.0 Å². The van der Waals surface area contributed by atoms with Crippen molar-refractivity contribution in [2.45, 2.75) is 6.42 Å². The van der Waals surface area contributed by atoms with Crippen molar-refractivity contribution in [3.05, 3.63) is 46.1 Å². The predicted octanol–water partition coefficient (Wildman–Crippen LogP) is 0.532. The van der Waals surface area contributed by atoms with Crippen molar-refractivity contribution < 1.29 is 14.2 Å². The Hall–Kier alpha value is -2.97. The number of hydrogen-bond donors (Lipinski definition) is 2. The second kappa shape index (κ2) is 5.78. The molecule has 3 N–H and O–H groups in total. The lowest BCUT2D eigenvalue weighted by molar-refractivity contribution is -0.383. The van der Waals surface area contributed by atoms with E-state index in [1.54, 1.807) is 0 Å². The molecule has 0 radical (unpaired) electrons. The van der Waals surface area contributed by atoms with E-state index in [2.05, 4.69) is 15.5 Å². The molecule has 0 aliphatic heterocycles. The second-order valence-electron chi connectivity index (χ2n) is 3.87. The molecule has 0 spiro atoms. The number of carbonyl (C=O) groups is 1. The first kappa shape index (κ1) is 13.5. The van der Waals surface area contributed by atoms with Crippen molar-refractivity contribution in [2.75, 3.05) is 12.3 Å². The van der Waals surface area contributed by atoms with Crippen LogP contribution in [0.4, 0.5) is 11.4 Å². The second-order valence-corrected chi connectivity index (χ2v) is 3.87. The summed E-state index contributed by atoms with van der Waals surface area (Å²) in [5.74, 6) is -0.0406. The Balaban J connectivity index is 1.98.